The van der Waals surface area contributed by atoms with E-state index in [2.05, 4.69) is 158 Å². The number of unbranched alkanes of at least 4 members (excludes halogenated alkanes) is 17. The molecule has 1 radical (unpaired) electrons. The Balaban J connectivity index is 12.3. The van der Waals surface area contributed by atoms with E-state index in [9.17, 15) is 0 Å². The summed E-state index contributed by atoms with van der Waals surface area (Å²) in [6, 6.07) is 0. The third-order valence-corrected chi connectivity index (χ3v) is 28.3. The van der Waals surface area contributed by atoms with Crippen molar-refractivity contribution in [1.29, 1.82) is 0 Å². The SMILES string of the molecule is CCCCCCC(C)C(CC(CCC)CCCCC)(C(C)CC(CCC)CCCCC)C(CC(C)CCCCC)(CC(CCC)CCCCC)C(CCC(C)CCCC)(CC(CCC)CCCCC)C(CCC)(CCCC(C)CCC)[C](CCCCC(C)CC)CC(CCC)CCCCC. The zero-order valence-electron chi connectivity index (χ0n) is 74.7. The quantitative estimate of drug-likeness (QED) is 0.0533. The fourth-order valence-corrected chi connectivity index (χ4v) is 23.0. The second-order valence-corrected chi connectivity index (χ2v) is 37.2. The standard InChI is InChI=1S/C100H201/c1-23-39-47-54-68-89(21)100(84-95(63-36-14)73-53-45-29-7,90(22)79-91(59-32-10)69-49-41-25-3)99(81-88(20)66-48-40-24-2,83-94(62-35-13)72-52-44-28-6)98(78-75-87(19)64-46-30-8,82-93(61-34-12)71-51-43-27-5)97(76-37-15,77-57-67-86(18)58-31-9)96(74-56-55-65-85(17)38-16)80-92(60-33-11)70-50-42-26-4/h85-95H,23-84H2,1-22H3. The van der Waals surface area contributed by atoms with Crippen LogP contribution in [0.3, 0.4) is 0 Å². The fourth-order valence-electron chi connectivity index (χ4n) is 23.0. The number of hydrogen-bond donors (Lipinski definition) is 0. The van der Waals surface area contributed by atoms with Crippen LogP contribution in [-0.4, -0.2) is 0 Å². The van der Waals surface area contributed by atoms with Gasteiger partial charge >= 0.3 is 0 Å². The summed E-state index contributed by atoms with van der Waals surface area (Å²) in [5.41, 5.74) is 0.691. The molecular weight excluding hydrogens is 1200 g/mol. The summed E-state index contributed by atoms with van der Waals surface area (Å²) >= 11 is 0. The fraction of sp³-hybridized carbons (Fsp3) is 0.990. The Morgan fingerprint density at radius 3 is 1.09 bits per heavy atom. The van der Waals surface area contributed by atoms with Crippen LogP contribution in [0.5, 0.6) is 0 Å². The minimum atomic E-state index is 0.160. The summed E-state index contributed by atoms with van der Waals surface area (Å²) in [4.78, 5) is 0. The van der Waals surface area contributed by atoms with Crippen LogP contribution < -0.4 is 0 Å². The summed E-state index contributed by atoms with van der Waals surface area (Å²) < 4.78 is 0. The molecule has 0 bridgehead atoms. The third kappa shape index (κ3) is 37.4. The van der Waals surface area contributed by atoms with E-state index in [1.165, 1.54) is 392 Å². The molecular formula is C100H201. The van der Waals surface area contributed by atoms with Crippen molar-refractivity contribution < 1.29 is 0 Å². The zero-order chi connectivity index (χ0) is 74.8. The van der Waals surface area contributed by atoms with E-state index < -0.39 is 0 Å². The maximum atomic E-state index is 3.15. The van der Waals surface area contributed by atoms with E-state index in [0.717, 1.165) is 53.3 Å². The average molecular weight is 1400 g/mol. The predicted molar refractivity (Wildman–Crippen MR) is 462 cm³/mol. The summed E-state index contributed by atoms with van der Waals surface area (Å²) in [6.07, 6.45) is 88.3. The second-order valence-electron chi connectivity index (χ2n) is 37.2. The summed E-state index contributed by atoms with van der Waals surface area (Å²) in [5.74, 6) is 10.7. The van der Waals surface area contributed by atoms with Crippen molar-refractivity contribution in [2.24, 2.45) is 86.8 Å². The molecule has 601 valence electrons. The molecule has 0 saturated carbocycles. The number of rotatable bonds is 77. The Morgan fingerprint density at radius 2 is 0.610 bits per heavy atom. The highest BCUT2D eigenvalue weighted by molar-refractivity contribution is 5.25. The lowest BCUT2D eigenvalue weighted by molar-refractivity contribution is -0.246. The van der Waals surface area contributed by atoms with E-state index in [0.29, 0.717) is 11.8 Å². The lowest BCUT2D eigenvalue weighted by atomic mass is 9.30. The second kappa shape index (κ2) is 63.9. The Bertz CT molecular complexity index is 1690. The van der Waals surface area contributed by atoms with Gasteiger partial charge in [0.25, 0.3) is 0 Å². The first-order chi connectivity index (χ1) is 48.4. The molecule has 0 aliphatic heterocycles. The highest BCUT2D eigenvalue weighted by Crippen LogP contribution is 2.79. The van der Waals surface area contributed by atoms with E-state index >= 15 is 0 Å². The van der Waals surface area contributed by atoms with Crippen LogP contribution >= 0.6 is 0 Å². The largest absolute Gasteiger partial charge is 0.0654 e. The highest BCUT2D eigenvalue weighted by Gasteiger charge is 2.71. The van der Waals surface area contributed by atoms with E-state index in [-0.39, 0.29) is 21.7 Å². The molecule has 0 heteroatoms. The van der Waals surface area contributed by atoms with Crippen molar-refractivity contribution in [3.8, 4) is 0 Å². The Labute approximate surface area is 639 Å². The molecule has 15 unspecified atom stereocenters. The lowest BCUT2D eigenvalue weighted by Gasteiger charge is -2.74. The molecule has 100 heavy (non-hydrogen) atoms. The topological polar surface area (TPSA) is 0 Å². The average Bonchev–Trinajstić information content (AvgIpc) is 0.677. The lowest BCUT2D eigenvalue weighted by Crippen LogP contribution is -2.67. The minimum Gasteiger partial charge on any atom is -0.0654 e. The van der Waals surface area contributed by atoms with Crippen molar-refractivity contribution in [1.82, 2.24) is 0 Å². The van der Waals surface area contributed by atoms with Crippen molar-refractivity contribution >= 4 is 0 Å². The van der Waals surface area contributed by atoms with Crippen LogP contribution in [0.2, 0.25) is 0 Å². The normalized spacial score (nSPS) is 18.1. The van der Waals surface area contributed by atoms with Gasteiger partial charge in [-0.05, 0) is 157 Å². The summed E-state index contributed by atoms with van der Waals surface area (Å²) in [5, 5.41) is 0. The summed E-state index contributed by atoms with van der Waals surface area (Å²) in [6.45, 7) is 58.7. The molecule has 0 rings (SSSR count). The van der Waals surface area contributed by atoms with Gasteiger partial charge in [-0.3, -0.25) is 0 Å². The molecule has 0 spiro atoms. The Hall–Kier alpha value is 0. The summed E-state index contributed by atoms with van der Waals surface area (Å²) in [7, 11) is 0. The zero-order valence-corrected chi connectivity index (χ0v) is 74.7. The van der Waals surface area contributed by atoms with Crippen molar-refractivity contribution in [2.75, 3.05) is 0 Å². The van der Waals surface area contributed by atoms with Gasteiger partial charge in [-0.2, -0.15) is 0 Å². The Morgan fingerprint density at radius 1 is 0.230 bits per heavy atom. The van der Waals surface area contributed by atoms with Crippen LogP contribution in [0.1, 0.15) is 550 Å². The van der Waals surface area contributed by atoms with Gasteiger partial charge in [-0.1, -0.05) is 486 Å². The number of hydrogen-bond acceptors (Lipinski definition) is 0. The first kappa shape index (κ1) is 100. The molecule has 0 N–H and O–H groups in total. The molecule has 15 atom stereocenters. The maximum Gasteiger partial charge on any atom is -0.0168 e. The van der Waals surface area contributed by atoms with Gasteiger partial charge in [0.2, 0.25) is 0 Å². The van der Waals surface area contributed by atoms with Gasteiger partial charge in [0, 0.05) is 0 Å². The molecule has 0 aliphatic rings. The molecule has 0 aromatic heterocycles. The molecule has 0 nitrogen and oxygen atoms in total. The molecule has 0 aliphatic carbocycles. The van der Waals surface area contributed by atoms with Gasteiger partial charge < -0.3 is 0 Å². The smallest absolute Gasteiger partial charge is 0.0168 e. The monoisotopic (exact) mass is 1400 g/mol. The molecule has 0 heterocycles. The van der Waals surface area contributed by atoms with E-state index in [4.69, 9.17) is 0 Å². The molecule has 0 fully saturated rings. The van der Waals surface area contributed by atoms with Gasteiger partial charge in [-0.15, -0.1) is 0 Å². The third-order valence-electron chi connectivity index (χ3n) is 28.3. The Kier molecular flexibility index (Phi) is 63.9. The highest BCUT2D eigenvalue weighted by atomic mass is 14.8. The minimum absolute atomic E-state index is 0.160. The van der Waals surface area contributed by atoms with Crippen LogP contribution in [-0.2, 0) is 0 Å². The molecule has 0 aromatic carbocycles. The molecule has 0 saturated heterocycles. The molecule has 0 amide bonds. The van der Waals surface area contributed by atoms with Gasteiger partial charge in [-0.25, -0.2) is 0 Å². The van der Waals surface area contributed by atoms with Crippen LogP contribution in [0.4, 0.5) is 0 Å². The van der Waals surface area contributed by atoms with Gasteiger partial charge in [0.15, 0.2) is 0 Å². The van der Waals surface area contributed by atoms with Gasteiger partial charge in [0.05, 0.1) is 0 Å². The van der Waals surface area contributed by atoms with Crippen LogP contribution in [0, 0.1) is 92.7 Å². The van der Waals surface area contributed by atoms with Crippen molar-refractivity contribution in [3.05, 3.63) is 5.92 Å². The van der Waals surface area contributed by atoms with Crippen molar-refractivity contribution in [3.63, 3.8) is 0 Å². The van der Waals surface area contributed by atoms with Crippen LogP contribution in [0.15, 0.2) is 0 Å². The van der Waals surface area contributed by atoms with E-state index in [1.807, 2.05) is 0 Å². The first-order valence-corrected chi connectivity index (χ1v) is 48.2. The van der Waals surface area contributed by atoms with Gasteiger partial charge in [0.1, 0.15) is 0 Å². The first-order valence-electron chi connectivity index (χ1n) is 48.2. The molecule has 0 aromatic rings. The van der Waals surface area contributed by atoms with Crippen molar-refractivity contribution in [2.45, 2.75) is 550 Å². The van der Waals surface area contributed by atoms with E-state index in [1.54, 1.807) is 6.42 Å². The van der Waals surface area contributed by atoms with Crippen LogP contribution in [0.25, 0.3) is 0 Å². The maximum absolute atomic E-state index is 3.15. The predicted octanol–water partition coefficient (Wildman–Crippen LogP) is 36.9.